The summed E-state index contributed by atoms with van der Waals surface area (Å²) in [5, 5.41) is 2.25. The Balaban J connectivity index is 2.09. The molecule has 2 nitrogen and oxygen atoms in total. The highest BCUT2D eigenvalue weighted by Crippen LogP contribution is 2.39. The van der Waals surface area contributed by atoms with E-state index in [9.17, 15) is 0 Å². The van der Waals surface area contributed by atoms with E-state index in [1.165, 1.54) is 11.1 Å². The summed E-state index contributed by atoms with van der Waals surface area (Å²) in [6.45, 7) is 2.07. The first-order valence-electron chi connectivity index (χ1n) is 8.03. The lowest BCUT2D eigenvalue weighted by Gasteiger charge is -2.11. The van der Waals surface area contributed by atoms with Crippen LogP contribution < -0.4 is 4.74 Å². The van der Waals surface area contributed by atoms with E-state index in [1.807, 2.05) is 30.3 Å². The summed E-state index contributed by atoms with van der Waals surface area (Å²) < 4.78 is 11.6. The van der Waals surface area contributed by atoms with E-state index in [2.05, 4.69) is 49.4 Å². The van der Waals surface area contributed by atoms with E-state index in [1.54, 1.807) is 7.11 Å². The first-order chi connectivity index (χ1) is 11.8. The lowest BCUT2D eigenvalue weighted by atomic mass is 9.93. The molecule has 0 amide bonds. The molecule has 0 N–H and O–H groups in total. The Morgan fingerprint density at radius 1 is 0.917 bits per heavy atom. The second kappa shape index (κ2) is 5.89. The van der Waals surface area contributed by atoms with Crippen LogP contribution >= 0.6 is 0 Å². The molecular formula is C22H18O2. The van der Waals surface area contributed by atoms with E-state index in [0.717, 1.165) is 33.3 Å². The van der Waals surface area contributed by atoms with E-state index in [0.29, 0.717) is 0 Å². The molecule has 1 aromatic heterocycles. The molecule has 1 heterocycles. The summed E-state index contributed by atoms with van der Waals surface area (Å²) in [4.78, 5) is 0. The minimum Gasteiger partial charge on any atom is -0.497 e. The van der Waals surface area contributed by atoms with Gasteiger partial charge in [-0.1, -0.05) is 54.6 Å². The van der Waals surface area contributed by atoms with E-state index in [4.69, 9.17) is 9.15 Å². The van der Waals surface area contributed by atoms with Gasteiger partial charge in [0, 0.05) is 16.8 Å². The fraction of sp³-hybridized carbons (Fsp3) is 0.0909. The molecule has 0 aliphatic carbocycles. The lowest BCUT2D eigenvalue weighted by Crippen LogP contribution is -1.91. The number of methoxy groups -OCH3 is 1. The predicted molar refractivity (Wildman–Crippen MR) is 99.5 cm³/mol. The Morgan fingerprint density at radius 2 is 1.67 bits per heavy atom. The molecule has 0 unspecified atom stereocenters. The maximum Gasteiger partial charge on any atom is 0.139 e. The average Bonchev–Trinajstić information content (AvgIpc) is 3.01. The second-order valence-corrected chi connectivity index (χ2v) is 5.71. The first kappa shape index (κ1) is 14.6. The van der Waals surface area contributed by atoms with Crippen LogP contribution in [0.4, 0.5) is 0 Å². The molecule has 0 atom stereocenters. The van der Waals surface area contributed by atoms with E-state index < -0.39 is 0 Å². The van der Waals surface area contributed by atoms with Crippen LogP contribution in [0.25, 0.3) is 27.5 Å². The van der Waals surface area contributed by atoms with Crippen LogP contribution in [0.2, 0.25) is 0 Å². The smallest absolute Gasteiger partial charge is 0.139 e. The predicted octanol–water partition coefficient (Wildman–Crippen LogP) is 6.05. The fourth-order valence-electron chi connectivity index (χ4n) is 3.25. The molecule has 0 saturated heterocycles. The Labute approximate surface area is 141 Å². The van der Waals surface area contributed by atoms with Crippen LogP contribution in [0.3, 0.4) is 0 Å². The van der Waals surface area contributed by atoms with E-state index in [-0.39, 0.29) is 0 Å². The molecule has 118 valence electrons. The maximum atomic E-state index is 6.06. The lowest BCUT2D eigenvalue weighted by molar-refractivity contribution is 0.414. The van der Waals surface area contributed by atoms with Gasteiger partial charge in [0.1, 0.15) is 16.9 Å². The van der Waals surface area contributed by atoms with Gasteiger partial charge in [0.15, 0.2) is 0 Å². The third kappa shape index (κ3) is 2.28. The first-order valence-corrected chi connectivity index (χ1v) is 8.03. The summed E-state index contributed by atoms with van der Waals surface area (Å²) >= 11 is 0. The van der Waals surface area contributed by atoms with E-state index >= 15 is 0 Å². The number of allylic oxidation sites excluding steroid dienone is 1. The number of hydrogen-bond donors (Lipinski definition) is 0. The standard InChI is InChI=1S/C22H18O2/c1-3-17(15-9-5-4-6-10-15)19-13-16(23-2)14-21-22(19)18-11-7-8-12-20(18)24-21/h3-14H,1-2H3/b17-3+. The zero-order valence-corrected chi connectivity index (χ0v) is 13.7. The van der Waals surface area contributed by atoms with Crippen LogP contribution in [0, 0.1) is 0 Å². The topological polar surface area (TPSA) is 22.4 Å². The zero-order valence-electron chi connectivity index (χ0n) is 13.7. The van der Waals surface area contributed by atoms with Crippen molar-refractivity contribution in [1.82, 2.24) is 0 Å². The number of hydrogen-bond acceptors (Lipinski definition) is 2. The number of furan rings is 1. The average molecular weight is 314 g/mol. The molecule has 2 heteroatoms. The highest BCUT2D eigenvalue weighted by molar-refractivity contribution is 6.12. The summed E-state index contributed by atoms with van der Waals surface area (Å²) in [5.74, 6) is 0.798. The van der Waals surface area contributed by atoms with Gasteiger partial charge >= 0.3 is 0 Å². The van der Waals surface area contributed by atoms with Gasteiger partial charge in [-0.2, -0.15) is 0 Å². The number of ether oxygens (including phenoxy) is 1. The Morgan fingerprint density at radius 3 is 2.42 bits per heavy atom. The van der Waals surface area contributed by atoms with Gasteiger partial charge in [0.2, 0.25) is 0 Å². The quantitative estimate of drug-likeness (QED) is 0.459. The molecule has 0 fully saturated rings. The molecule has 24 heavy (non-hydrogen) atoms. The molecule has 4 aromatic rings. The molecule has 0 bridgehead atoms. The number of fused-ring (bicyclic) bond motifs is 3. The van der Waals surface area contributed by atoms with Crippen molar-refractivity contribution >= 4 is 27.5 Å². The molecule has 0 aliphatic rings. The third-order valence-electron chi connectivity index (χ3n) is 4.35. The van der Waals surface area contributed by atoms with Crippen molar-refractivity contribution in [3.05, 3.63) is 83.9 Å². The number of rotatable bonds is 3. The fourth-order valence-corrected chi connectivity index (χ4v) is 3.25. The molecule has 0 radical (unpaired) electrons. The number of benzene rings is 3. The molecule has 3 aromatic carbocycles. The highest BCUT2D eigenvalue weighted by atomic mass is 16.5. The molecule has 0 saturated carbocycles. The van der Waals surface area contributed by atoms with Crippen molar-refractivity contribution in [2.75, 3.05) is 7.11 Å². The molecular weight excluding hydrogens is 296 g/mol. The largest absolute Gasteiger partial charge is 0.497 e. The van der Waals surface area contributed by atoms with Gasteiger partial charge in [-0.05, 0) is 35.8 Å². The summed E-state index contributed by atoms with van der Waals surface area (Å²) in [6, 6.07) is 22.6. The van der Waals surface area contributed by atoms with Gasteiger partial charge in [-0.15, -0.1) is 0 Å². The normalized spacial score (nSPS) is 12.0. The second-order valence-electron chi connectivity index (χ2n) is 5.71. The van der Waals surface area contributed by atoms with Crippen LogP contribution in [-0.4, -0.2) is 7.11 Å². The molecule has 4 rings (SSSR count). The Bertz CT molecular complexity index is 1040. The Kier molecular flexibility index (Phi) is 3.58. The summed E-state index contributed by atoms with van der Waals surface area (Å²) in [5.41, 5.74) is 5.22. The van der Waals surface area contributed by atoms with Gasteiger partial charge in [-0.3, -0.25) is 0 Å². The van der Waals surface area contributed by atoms with Crippen molar-refractivity contribution in [2.24, 2.45) is 0 Å². The van der Waals surface area contributed by atoms with Crippen LogP contribution in [-0.2, 0) is 0 Å². The van der Waals surface area contributed by atoms with Crippen molar-refractivity contribution in [1.29, 1.82) is 0 Å². The van der Waals surface area contributed by atoms with Crippen LogP contribution in [0.15, 0.2) is 77.2 Å². The minimum atomic E-state index is 0.798. The highest BCUT2D eigenvalue weighted by Gasteiger charge is 2.16. The van der Waals surface area contributed by atoms with Crippen molar-refractivity contribution < 1.29 is 9.15 Å². The van der Waals surface area contributed by atoms with Crippen LogP contribution in [0.1, 0.15) is 18.1 Å². The van der Waals surface area contributed by atoms with Crippen molar-refractivity contribution in [2.45, 2.75) is 6.92 Å². The van der Waals surface area contributed by atoms with Gasteiger partial charge in [0.05, 0.1) is 7.11 Å². The number of para-hydroxylation sites is 1. The molecule has 0 spiro atoms. The third-order valence-corrected chi connectivity index (χ3v) is 4.35. The Hall–Kier alpha value is -3.00. The molecule has 0 aliphatic heterocycles. The van der Waals surface area contributed by atoms with Gasteiger partial charge < -0.3 is 9.15 Å². The van der Waals surface area contributed by atoms with Crippen molar-refractivity contribution in [3.8, 4) is 5.75 Å². The van der Waals surface area contributed by atoms with Gasteiger partial charge in [-0.25, -0.2) is 0 Å². The van der Waals surface area contributed by atoms with Gasteiger partial charge in [0.25, 0.3) is 0 Å². The monoisotopic (exact) mass is 314 g/mol. The zero-order chi connectivity index (χ0) is 16.5. The summed E-state index contributed by atoms with van der Waals surface area (Å²) in [6.07, 6.45) is 2.14. The van der Waals surface area contributed by atoms with Crippen LogP contribution in [0.5, 0.6) is 5.75 Å². The maximum absolute atomic E-state index is 6.06. The summed E-state index contributed by atoms with van der Waals surface area (Å²) in [7, 11) is 1.69. The SMILES string of the molecule is C/C=C(\c1ccccc1)c1cc(OC)cc2oc3ccccc3c12. The minimum absolute atomic E-state index is 0.798. The van der Waals surface area contributed by atoms with Crippen molar-refractivity contribution in [3.63, 3.8) is 0 Å².